The number of hydrogen-bond donors (Lipinski definition) is 1. The summed E-state index contributed by atoms with van der Waals surface area (Å²) >= 11 is 1.07. The summed E-state index contributed by atoms with van der Waals surface area (Å²) in [6.45, 7) is 4.34. The lowest BCUT2D eigenvalue weighted by Crippen LogP contribution is -2.26. The van der Waals surface area contributed by atoms with Crippen LogP contribution in [-0.4, -0.2) is 18.7 Å². The molecule has 2 aromatic rings. The third kappa shape index (κ3) is 4.80. The molecule has 142 valence electrons. The van der Waals surface area contributed by atoms with Gasteiger partial charge in [-0.1, -0.05) is 5.16 Å². The third-order valence-corrected chi connectivity index (χ3v) is 4.92. The first-order valence-corrected chi connectivity index (χ1v) is 9.41. The molecule has 0 saturated carbocycles. The molecule has 1 N–H and O–H groups in total. The van der Waals surface area contributed by atoms with Crippen LogP contribution in [0.15, 0.2) is 52.5 Å². The molecule has 1 amide bonds. The molecular weight excluding hydrogens is 367 g/mol. The van der Waals surface area contributed by atoms with E-state index in [1.807, 2.05) is 32.0 Å². The van der Waals surface area contributed by atoms with Crippen molar-refractivity contribution in [3.8, 4) is 5.75 Å². The zero-order chi connectivity index (χ0) is 19.3. The maximum atomic E-state index is 12.8. The lowest BCUT2D eigenvalue weighted by molar-refractivity contribution is -0.119. The van der Waals surface area contributed by atoms with Crippen molar-refractivity contribution in [2.24, 2.45) is 5.16 Å². The summed E-state index contributed by atoms with van der Waals surface area (Å²) in [6.07, 6.45) is 3.17. The number of oxime groups is 1. The average Bonchev–Trinajstić information content (AvgIpc) is 2.88. The minimum atomic E-state index is -0.541. The van der Waals surface area contributed by atoms with Gasteiger partial charge in [0.2, 0.25) is 5.91 Å². The first kappa shape index (κ1) is 19.2. The van der Waals surface area contributed by atoms with Gasteiger partial charge in [-0.25, -0.2) is 4.39 Å². The molecule has 0 atom stereocenters. The second-order valence-corrected chi connectivity index (χ2v) is 7.46. The van der Waals surface area contributed by atoms with Gasteiger partial charge in [0.05, 0.1) is 16.9 Å². The summed E-state index contributed by atoms with van der Waals surface area (Å²) in [6, 6.07) is 11.7. The van der Waals surface area contributed by atoms with E-state index >= 15 is 0 Å². The second-order valence-electron chi connectivity index (χ2n) is 6.68. The number of halogens is 1. The average molecular weight is 388 g/mol. The Bertz CT molecular complexity index is 838. The van der Waals surface area contributed by atoms with Crippen LogP contribution in [0.3, 0.4) is 0 Å². The van der Waals surface area contributed by atoms with Crippen molar-refractivity contribution in [1.29, 1.82) is 0 Å². The number of hydrogen-bond acceptors (Lipinski definition) is 5. The number of unbranched alkanes of at least 4 members (excludes halogenated alkanes) is 1. The highest BCUT2D eigenvalue weighted by Crippen LogP contribution is 2.39. The molecular formula is C20H21FN2O3S. The SMILES string of the molecule is CC1(C)C(=O)Nc2ccc(OCCCC=NOSc3ccc(F)cc3)cc21. The van der Waals surface area contributed by atoms with Crippen LogP contribution in [-0.2, 0) is 14.5 Å². The Morgan fingerprint density at radius 3 is 2.78 bits per heavy atom. The van der Waals surface area contributed by atoms with E-state index in [0.29, 0.717) is 13.0 Å². The largest absolute Gasteiger partial charge is 0.494 e. The van der Waals surface area contributed by atoms with Crippen LogP contribution >= 0.6 is 12.0 Å². The Hall–Kier alpha value is -2.54. The normalized spacial score (nSPS) is 14.9. The Kier molecular flexibility index (Phi) is 6.01. The van der Waals surface area contributed by atoms with Gasteiger partial charge >= 0.3 is 0 Å². The molecule has 0 aliphatic carbocycles. The fourth-order valence-electron chi connectivity index (χ4n) is 2.64. The van der Waals surface area contributed by atoms with Crippen molar-refractivity contribution in [2.45, 2.75) is 37.0 Å². The number of amides is 1. The number of ether oxygens (including phenoxy) is 1. The summed E-state index contributed by atoms with van der Waals surface area (Å²) in [5, 5.41) is 6.73. The molecule has 0 radical (unpaired) electrons. The highest BCUT2D eigenvalue weighted by Gasteiger charge is 2.38. The maximum absolute atomic E-state index is 12.8. The van der Waals surface area contributed by atoms with Gasteiger partial charge in [-0.2, -0.15) is 0 Å². The Morgan fingerprint density at radius 2 is 2.00 bits per heavy atom. The molecule has 1 aliphatic heterocycles. The lowest BCUT2D eigenvalue weighted by atomic mass is 9.86. The van der Waals surface area contributed by atoms with Crippen molar-refractivity contribution in [1.82, 2.24) is 0 Å². The van der Waals surface area contributed by atoms with Crippen LogP contribution in [0.25, 0.3) is 0 Å². The Balaban J connectivity index is 1.37. The van der Waals surface area contributed by atoms with Gasteiger partial charge in [-0.3, -0.25) is 4.79 Å². The smallest absolute Gasteiger partial charge is 0.234 e. The molecule has 5 nitrogen and oxygen atoms in total. The predicted octanol–water partition coefficient (Wildman–Crippen LogP) is 4.92. The van der Waals surface area contributed by atoms with E-state index in [1.165, 1.54) is 12.1 Å². The van der Waals surface area contributed by atoms with Gasteiger partial charge in [0.15, 0.2) is 0 Å². The molecule has 0 bridgehead atoms. The van der Waals surface area contributed by atoms with E-state index in [-0.39, 0.29) is 11.7 Å². The quantitative estimate of drug-likeness (QED) is 0.302. The van der Waals surface area contributed by atoms with Crippen molar-refractivity contribution in [3.63, 3.8) is 0 Å². The van der Waals surface area contributed by atoms with Gasteiger partial charge in [-0.05, 0) is 74.7 Å². The van der Waals surface area contributed by atoms with Crippen LogP contribution < -0.4 is 10.1 Å². The minimum Gasteiger partial charge on any atom is -0.494 e. The van der Waals surface area contributed by atoms with Gasteiger partial charge in [0.1, 0.15) is 23.6 Å². The summed E-state index contributed by atoms with van der Waals surface area (Å²) < 4.78 is 23.6. The summed E-state index contributed by atoms with van der Waals surface area (Å²) in [7, 11) is 0. The maximum Gasteiger partial charge on any atom is 0.234 e. The standard InChI is InChI=1S/C20H21FN2O3S/c1-20(2)17-13-15(7-10-18(17)23-19(20)24)25-12-4-3-11-22-26-27-16-8-5-14(21)6-9-16/h5-11,13H,3-4,12H2,1-2H3,(H,23,24). The van der Waals surface area contributed by atoms with E-state index in [0.717, 1.165) is 40.4 Å². The van der Waals surface area contributed by atoms with Crippen molar-refractivity contribution < 1.29 is 18.2 Å². The molecule has 27 heavy (non-hydrogen) atoms. The first-order chi connectivity index (χ1) is 13.0. The number of anilines is 1. The highest BCUT2D eigenvalue weighted by molar-refractivity contribution is 7.94. The lowest BCUT2D eigenvalue weighted by Gasteiger charge is -2.16. The molecule has 0 aromatic heterocycles. The number of nitrogens with one attached hydrogen (secondary N) is 1. The molecule has 7 heteroatoms. The second kappa shape index (κ2) is 8.43. The molecule has 0 saturated heterocycles. The van der Waals surface area contributed by atoms with E-state index in [9.17, 15) is 9.18 Å². The number of benzene rings is 2. The van der Waals surface area contributed by atoms with Gasteiger partial charge in [0.25, 0.3) is 0 Å². The summed E-state index contributed by atoms with van der Waals surface area (Å²) in [5.41, 5.74) is 1.26. The molecule has 0 unspecified atom stereocenters. The van der Waals surface area contributed by atoms with E-state index in [1.54, 1.807) is 18.3 Å². The Labute approximate surface area is 162 Å². The fraction of sp³-hybridized carbons (Fsp3) is 0.300. The van der Waals surface area contributed by atoms with Crippen LogP contribution in [0.4, 0.5) is 10.1 Å². The first-order valence-electron chi connectivity index (χ1n) is 8.67. The van der Waals surface area contributed by atoms with Crippen molar-refractivity contribution in [2.75, 3.05) is 11.9 Å². The number of carbonyl (C=O) groups excluding carboxylic acids is 1. The number of nitrogens with zero attached hydrogens (tertiary/aromatic N) is 1. The van der Waals surface area contributed by atoms with Crippen LogP contribution in [0, 0.1) is 5.82 Å². The zero-order valence-electron chi connectivity index (χ0n) is 15.2. The minimum absolute atomic E-state index is 0.00405. The van der Waals surface area contributed by atoms with Crippen molar-refractivity contribution >= 4 is 29.9 Å². The monoisotopic (exact) mass is 388 g/mol. The fourth-order valence-corrected chi connectivity index (χ4v) is 3.08. The molecule has 0 spiro atoms. The summed E-state index contributed by atoms with van der Waals surface area (Å²) in [4.78, 5) is 12.7. The number of carbonyl (C=O) groups is 1. The number of rotatable bonds is 8. The van der Waals surface area contributed by atoms with E-state index < -0.39 is 5.41 Å². The van der Waals surface area contributed by atoms with Gasteiger partial charge < -0.3 is 14.3 Å². The molecule has 1 heterocycles. The van der Waals surface area contributed by atoms with Gasteiger partial charge in [0, 0.05) is 11.9 Å². The zero-order valence-corrected chi connectivity index (χ0v) is 16.0. The van der Waals surface area contributed by atoms with Crippen molar-refractivity contribution in [3.05, 3.63) is 53.8 Å². The van der Waals surface area contributed by atoms with Crippen LogP contribution in [0.5, 0.6) is 5.75 Å². The summed E-state index contributed by atoms with van der Waals surface area (Å²) in [5.74, 6) is 0.473. The topological polar surface area (TPSA) is 59.9 Å². The van der Waals surface area contributed by atoms with Crippen LogP contribution in [0.2, 0.25) is 0 Å². The third-order valence-electron chi connectivity index (χ3n) is 4.29. The number of fused-ring (bicyclic) bond motifs is 1. The molecule has 1 aliphatic rings. The molecule has 0 fully saturated rings. The molecule has 2 aromatic carbocycles. The predicted molar refractivity (Wildman–Crippen MR) is 105 cm³/mol. The van der Waals surface area contributed by atoms with Gasteiger partial charge in [-0.15, -0.1) is 0 Å². The highest BCUT2D eigenvalue weighted by atomic mass is 32.2. The molecule has 3 rings (SSSR count). The van der Waals surface area contributed by atoms with Crippen LogP contribution in [0.1, 0.15) is 32.3 Å². The van der Waals surface area contributed by atoms with E-state index in [2.05, 4.69) is 10.5 Å². The van der Waals surface area contributed by atoms with E-state index in [4.69, 9.17) is 9.02 Å². The Morgan fingerprint density at radius 1 is 1.22 bits per heavy atom.